The molecule has 88 heavy (non-hydrogen) atoms. The van der Waals surface area contributed by atoms with Gasteiger partial charge in [0, 0.05) is 95.7 Å². The lowest BCUT2D eigenvalue weighted by Crippen LogP contribution is -2.61. The summed E-state index contributed by atoms with van der Waals surface area (Å²) in [5, 5.41) is 9.42. The largest absolute Gasteiger partial charge is 0.458 e. The molecule has 21 rings (SSSR count). The van der Waals surface area contributed by atoms with Gasteiger partial charge in [-0.25, -0.2) is 0 Å². The third kappa shape index (κ3) is 6.10. The van der Waals surface area contributed by atoms with Gasteiger partial charge in [0.15, 0.2) is 0 Å². The smallest absolute Gasteiger partial charge is 0.260 e. The molecule has 0 unspecified atom stereocenters. The van der Waals surface area contributed by atoms with Crippen molar-refractivity contribution >= 4 is 133 Å². The predicted molar refractivity (Wildman–Crippen MR) is 359 cm³/mol. The molecule has 4 aliphatic rings. The fraction of sp³-hybridized carbons (Fsp3) is 0. The molecule has 0 aliphatic carbocycles. The van der Waals surface area contributed by atoms with Crippen molar-refractivity contribution in [3.8, 4) is 68.7 Å². The number of rotatable bonds is 4. The van der Waals surface area contributed by atoms with E-state index in [1.165, 1.54) is 43.1 Å². The maximum absolute atomic E-state index is 7.43. The molecule has 0 saturated heterocycles. The lowest BCUT2D eigenvalue weighted by molar-refractivity contribution is 0.451. The van der Waals surface area contributed by atoms with E-state index >= 15 is 0 Å². The fourth-order valence-corrected chi connectivity index (χ4v) is 15.9. The van der Waals surface area contributed by atoms with Crippen molar-refractivity contribution in [2.24, 2.45) is 0 Å². The van der Waals surface area contributed by atoms with Crippen molar-refractivity contribution in [1.82, 2.24) is 18.3 Å². The number of fused-ring (bicyclic) bond motifs is 22. The molecule has 406 valence electrons. The Kier molecular flexibility index (Phi) is 9.06. The number of para-hydroxylation sites is 8. The predicted octanol–water partition coefficient (Wildman–Crippen LogP) is 15.5. The van der Waals surface area contributed by atoms with Crippen molar-refractivity contribution in [1.29, 1.82) is 0 Å². The Balaban J connectivity index is 0.777. The van der Waals surface area contributed by atoms with Crippen LogP contribution >= 0.6 is 0 Å². The SMILES string of the molecule is c1ccc(-n2c3ccccc3c3c2ccc2c4ccccc4n(-c4cc5c6c(c4)Oc4cc7c(cc4B6c4ccccc4O5)B4c5ccccc5Oc5cc(-n6c8ccccc8c8ccc9c(c%10ccccc%10n9-c9ccccc9)c86)cc(c54)O7)c23)cc1. The van der Waals surface area contributed by atoms with Crippen molar-refractivity contribution in [3.63, 3.8) is 0 Å². The van der Waals surface area contributed by atoms with Crippen LogP contribution in [0.25, 0.3) is 110 Å². The molecule has 13 aromatic carbocycles. The highest BCUT2D eigenvalue weighted by Crippen LogP contribution is 2.48. The molecular weight excluding hydrogens is 1080 g/mol. The molecule has 0 amide bonds. The summed E-state index contributed by atoms with van der Waals surface area (Å²) in [6, 6.07) is 96.0. The minimum atomic E-state index is -0.204. The van der Waals surface area contributed by atoms with Gasteiger partial charge < -0.3 is 37.2 Å². The molecule has 10 heteroatoms. The van der Waals surface area contributed by atoms with Gasteiger partial charge in [-0.3, -0.25) is 0 Å². The van der Waals surface area contributed by atoms with E-state index in [1.54, 1.807) is 0 Å². The third-order valence-electron chi connectivity index (χ3n) is 19.3. The monoisotopic (exact) mass is 1120 g/mol. The van der Waals surface area contributed by atoms with Crippen LogP contribution in [0.3, 0.4) is 0 Å². The number of aromatic nitrogens is 4. The first-order chi connectivity index (χ1) is 43.7. The fourth-order valence-electron chi connectivity index (χ4n) is 15.9. The van der Waals surface area contributed by atoms with Crippen molar-refractivity contribution in [3.05, 3.63) is 267 Å². The van der Waals surface area contributed by atoms with E-state index in [-0.39, 0.29) is 13.4 Å². The molecule has 0 fully saturated rings. The van der Waals surface area contributed by atoms with Gasteiger partial charge in [0.1, 0.15) is 46.0 Å². The summed E-state index contributed by atoms with van der Waals surface area (Å²) in [4.78, 5) is 0. The molecule has 0 saturated carbocycles. The number of ether oxygens (including phenoxy) is 4. The van der Waals surface area contributed by atoms with Crippen molar-refractivity contribution in [2.75, 3.05) is 0 Å². The standard InChI is InChI=1S/C78H44B2N4O4/c1-3-19-45(20-4-1)81-61-31-15-9-25-53(61)73-63(81)37-35-51-49-23-7-13-29-59(49)83(77(51)73)47-39-69-75-71(41-47)87-67-44-68-58(43-57(67)79(75)55-27-11-17-33-65(55)85-69)80-56-28-12-18-34-66(56)86-70-40-48(42-72(88-68)76(70)80)84-60-30-14-8-24-50(60)52-36-38-64-74(78(52)84)54-26-10-16-32-62(54)82(64)46-21-5-2-6-22-46/h1-44H. The van der Waals surface area contributed by atoms with Gasteiger partial charge in [0.25, 0.3) is 13.4 Å². The van der Waals surface area contributed by atoms with Gasteiger partial charge in [0.05, 0.1) is 55.5 Å². The molecular formula is C78H44B2N4O4. The zero-order valence-corrected chi connectivity index (χ0v) is 47.0. The van der Waals surface area contributed by atoms with Gasteiger partial charge in [-0.1, -0.05) is 164 Å². The molecule has 17 aromatic rings. The Bertz CT molecular complexity index is 5620. The summed E-state index contributed by atoms with van der Waals surface area (Å²) in [6.45, 7) is -0.407. The average molecular weight is 1120 g/mol. The Morgan fingerprint density at radius 1 is 0.216 bits per heavy atom. The molecule has 0 N–H and O–H groups in total. The summed E-state index contributed by atoms with van der Waals surface area (Å²) in [6.07, 6.45) is 0. The highest BCUT2D eigenvalue weighted by Gasteiger charge is 2.46. The lowest BCUT2D eigenvalue weighted by atomic mass is 9.31. The van der Waals surface area contributed by atoms with E-state index in [2.05, 4.69) is 285 Å². The van der Waals surface area contributed by atoms with E-state index in [0.29, 0.717) is 0 Å². The van der Waals surface area contributed by atoms with Crippen LogP contribution in [-0.4, -0.2) is 31.7 Å². The van der Waals surface area contributed by atoms with Crippen LogP contribution < -0.4 is 51.7 Å². The quantitative estimate of drug-likeness (QED) is 0.165. The van der Waals surface area contributed by atoms with E-state index in [0.717, 1.165) is 146 Å². The highest BCUT2D eigenvalue weighted by molar-refractivity contribution is 7.01. The second-order valence-corrected chi connectivity index (χ2v) is 23.8. The second kappa shape index (κ2) is 17.1. The molecule has 0 bridgehead atoms. The van der Waals surface area contributed by atoms with Crippen LogP contribution in [0.5, 0.6) is 46.0 Å². The van der Waals surface area contributed by atoms with Gasteiger partial charge in [0.2, 0.25) is 0 Å². The first-order valence-corrected chi connectivity index (χ1v) is 30.1. The summed E-state index contributed by atoms with van der Waals surface area (Å²) in [5.41, 5.74) is 19.4. The van der Waals surface area contributed by atoms with Crippen LogP contribution in [-0.2, 0) is 0 Å². The summed E-state index contributed by atoms with van der Waals surface area (Å²) < 4.78 is 38.7. The van der Waals surface area contributed by atoms with Gasteiger partial charge >= 0.3 is 0 Å². The van der Waals surface area contributed by atoms with Crippen molar-refractivity contribution in [2.45, 2.75) is 0 Å². The van der Waals surface area contributed by atoms with Crippen molar-refractivity contribution < 1.29 is 18.9 Å². The van der Waals surface area contributed by atoms with Crippen LogP contribution in [0, 0.1) is 0 Å². The van der Waals surface area contributed by atoms with Gasteiger partial charge in [-0.2, -0.15) is 0 Å². The second-order valence-electron chi connectivity index (χ2n) is 23.8. The summed E-state index contributed by atoms with van der Waals surface area (Å²) >= 11 is 0. The highest BCUT2D eigenvalue weighted by atomic mass is 16.5. The zero-order chi connectivity index (χ0) is 57.0. The number of nitrogens with zero attached hydrogens (tertiary/aromatic N) is 4. The van der Waals surface area contributed by atoms with E-state index in [9.17, 15) is 0 Å². The Morgan fingerprint density at radius 3 is 1.00 bits per heavy atom. The lowest BCUT2D eigenvalue weighted by Gasteiger charge is -2.37. The first kappa shape index (κ1) is 46.7. The zero-order valence-electron chi connectivity index (χ0n) is 47.0. The molecule has 0 atom stereocenters. The van der Waals surface area contributed by atoms with Gasteiger partial charge in [-0.15, -0.1) is 0 Å². The van der Waals surface area contributed by atoms with Gasteiger partial charge in [-0.05, 0) is 94.6 Å². The molecule has 0 spiro atoms. The first-order valence-electron chi connectivity index (χ1n) is 30.1. The Hall–Kier alpha value is -11.6. The van der Waals surface area contributed by atoms with Crippen LogP contribution in [0.1, 0.15) is 0 Å². The number of benzene rings is 13. The molecule has 4 aliphatic heterocycles. The van der Waals surface area contributed by atoms with Crippen LogP contribution in [0.15, 0.2) is 267 Å². The summed E-state index contributed by atoms with van der Waals surface area (Å²) in [5.74, 6) is 6.15. The number of hydrogen-bond donors (Lipinski definition) is 0. The minimum absolute atomic E-state index is 0.204. The Morgan fingerprint density at radius 2 is 0.568 bits per heavy atom. The molecule has 4 aromatic heterocycles. The molecule has 8 heterocycles. The minimum Gasteiger partial charge on any atom is -0.458 e. The molecule has 0 radical (unpaired) electrons. The third-order valence-corrected chi connectivity index (χ3v) is 19.3. The normalized spacial score (nSPS) is 13.3. The van der Waals surface area contributed by atoms with E-state index in [1.807, 2.05) is 0 Å². The topological polar surface area (TPSA) is 56.6 Å². The number of hydrogen-bond acceptors (Lipinski definition) is 4. The van der Waals surface area contributed by atoms with E-state index < -0.39 is 0 Å². The van der Waals surface area contributed by atoms with Crippen LogP contribution in [0.2, 0.25) is 0 Å². The maximum Gasteiger partial charge on any atom is 0.260 e. The van der Waals surface area contributed by atoms with Crippen LogP contribution in [0.4, 0.5) is 0 Å². The average Bonchev–Trinajstić information content (AvgIpc) is 1.56. The summed E-state index contributed by atoms with van der Waals surface area (Å²) in [7, 11) is 0. The van der Waals surface area contributed by atoms with E-state index in [4.69, 9.17) is 18.9 Å². The Labute approximate surface area is 503 Å². The maximum atomic E-state index is 7.43. The molecule has 8 nitrogen and oxygen atoms in total.